The van der Waals surface area contributed by atoms with Gasteiger partial charge in [0.25, 0.3) is 10.0 Å². The summed E-state index contributed by atoms with van der Waals surface area (Å²) in [5.41, 5.74) is 0.560. The van der Waals surface area contributed by atoms with Crippen molar-refractivity contribution in [1.29, 1.82) is 0 Å². The second kappa shape index (κ2) is 7.48. The molecule has 0 radical (unpaired) electrons. The lowest BCUT2D eigenvalue weighted by Gasteiger charge is -2.23. The zero-order valence-electron chi connectivity index (χ0n) is 13.2. The van der Waals surface area contributed by atoms with Gasteiger partial charge in [0.1, 0.15) is 0 Å². The van der Waals surface area contributed by atoms with Crippen molar-refractivity contribution in [3.8, 4) is 0 Å². The van der Waals surface area contributed by atoms with Crippen LogP contribution in [0, 0.1) is 0 Å². The van der Waals surface area contributed by atoms with E-state index in [1.54, 1.807) is 36.4 Å². The second-order valence-electron chi connectivity index (χ2n) is 5.71. The first-order chi connectivity index (χ1) is 11.6. The van der Waals surface area contributed by atoms with Crippen LogP contribution in [0.1, 0.15) is 30.9 Å². The van der Waals surface area contributed by atoms with Crippen LogP contribution in [-0.4, -0.2) is 37.0 Å². The fraction of sp³-hybridized carbons (Fsp3) is 0.412. The Morgan fingerprint density at radius 2 is 1.88 bits per heavy atom. The summed E-state index contributed by atoms with van der Waals surface area (Å²) in [5.74, 6) is 0. The SMILES string of the molecule is O=S(=O)(c1ccccc1)n1ccc(C(O)CCC2OCCCO2)c1. The maximum Gasteiger partial charge on any atom is 0.267 e. The summed E-state index contributed by atoms with van der Waals surface area (Å²) in [7, 11) is -3.63. The Hall–Kier alpha value is -1.67. The van der Waals surface area contributed by atoms with E-state index in [2.05, 4.69) is 0 Å². The molecule has 1 saturated heterocycles. The predicted molar refractivity (Wildman–Crippen MR) is 88.0 cm³/mol. The molecule has 1 aromatic heterocycles. The number of nitrogens with zero attached hydrogens (tertiary/aromatic N) is 1. The van der Waals surface area contributed by atoms with Gasteiger partial charge in [0.05, 0.1) is 24.2 Å². The average molecular weight is 351 g/mol. The van der Waals surface area contributed by atoms with Crippen molar-refractivity contribution in [2.24, 2.45) is 0 Å². The van der Waals surface area contributed by atoms with Gasteiger partial charge in [0.2, 0.25) is 0 Å². The Morgan fingerprint density at radius 3 is 2.58 bits per heavy atom. The first-order valence-electron chi connectivity index (χ1n) is 7.97. The standard InChI is InChI=1S/C17H21NO5S/c19-16(7-8-17-22-11-4-12-23-17)14-9-10-18(13-14)24(20,21)15-5-2-1-3-6-15/h1-3,5-6,9-10,13,16-17,19H,4,7-8,11-12H2. The Morgan fingerprint density at radius 1 is 1.17 bits per heavy atom. The van der Waals surface area contributed by atoms with Crippen LogP contribution in [-0.2, 0) is 19.5 Å². The highest BCUT2D eigenvalue weighted by Crippen LogP contribution is 2.23. The lowest BCUT2D eigenvalue weighted by molar-refractivity contribution is -0.183. The van der Waals surface area contributed by atoms with E-state index in [4.69, 9.17) is 9.47 Å². The molecule has 1 aliphatic rings. The molecule has 1 aliphatic heterocycles. The summed E-state index contributed by atoms with van der Waals surface area (Å²) in [6, 6.07) is 9.83. The predicted octanol–water partition coefficient (Wildman–Crippen LogP) is 2.30. The van der Waals surface area contributed by atoms with E-state index >= 15 is 0 Å². The molecule has 0 saturated carbocycles. The van der Waals surface area contributed by atoms with E-state index in [1.807, 2.05) is 0 Å². The zero-order valence-corrected chi connectivity index (χ0v) is 14.1. The molecule has 7 heteroatoms. The maximum absolute atomic E-state index is 12.5. The molecular weight excluding hydrogens is 330 g/mol. The fourth-order valence-electron chi connectivity index (χ4n) is 2.62. The topological polar surface area (TPSA) is 77.8 Å². The Balaban J connectivity index is 1.66. The van der Waals surface area contributed by atoms with Gasteiger partial charge in [-0.3, -0.25) is 0 Å². The van der Waals surface area contributed by atoms with Gasteiger partial charge < -0.3 is 14.6 Å². The highest BCUT2D eigenvalue weighted by atomic mass is 32.2. The number of aliphatic hydroxyl groups is 1. The number of hydrogen-bond acceptors (Lipinski definition) is 5. The molecule has 0 aliphatic carbocycles. The molecule has 2 aromatic rings. The smallest absolute Gasteiger partial charge is 0.267 e. The summed E-state index contributed by atoms with van der Waals surface area (Å²) < 4.78 is 37.1. The normalized spacial score (nSPS) is 17.7. The largest absolute Gasteiger partial charge is 0.388 e. The van der Waals surface area contributed by atoms with Gasteiger partial charge in [-0.05, 0) is 36.6 Å². The van der Waals surface area contributed by atoms with Gasteiger partial charge in [-0.1, -0.05) is 18.2 Å². The van der Waals surface area contributed by atoms with Crippen molar-refractivity contribution in [2.75, 3.05) is 13.2 Å². The summed E-state index contributed by atoms with van der Waals surface area (Å²) in [5, 5.41) is 10.3. The fourth-order valence-corrected chi connectivity index (χ4v) is 3.84. The van der Waals surface area contributed by atoms with Crippen molar-refractivity contribution in [3.63, 3.8) is 0 Å². The van der Waals surface area contributed by atoms with E-state index in [0.717, 1.165) is 10.4 Å². The van der Waals surface area contributed by atoms with Crippen LogP contribution in [0.5, 0.6) is 0 Å². The number of ether oxygens (including phenoxy) is 2. The molecule has 2 heterocycles. The molecule has 0 amide bonds. The van der Waals surface area contributed by atoms with Crippen molar-refractivity contribution in [1.82, 2.24) is 3.97 Å². The van der Waals surface area contributed by atoms with Crippen LogP contribution < -0.4 is 0 Å². The van der Waals surface area contributed by atoms with Crippen LogP contribution in [0.4, 0.5) is 0 Å². The van der Waals surface area contributed by atoms with Gasteiger partial charge in [-0.2, -0.15) is 0 Å². The highest BCUT2D eigenvalue weighted by Gasteiger charge is 2.20. The summed E-state index contributed by atoms with van der Waals surface area (Å²) in [4.78, 5) is 0.214. The Kier molecular flexibility index (Phi) is 5.35. The quantitative estimate of drug-likeness (QED) is 0.864. The third-order valence-corrected chi connectivity index (χ3v) is 5.62. The van der Waals surface area contributed by atoms with Gasteiger partial charge in [-0.15, -0.1) is 0 Å². The van der Waals surface area contributed by atoms with E-state index in [9.17, 15) is 13.5 Å². The first kappa shape index (κ1) is 17.2. The monoisotopic (exact) mass is 351 g/mol. The molecule has 6 nitrogen and oxygen atoms in total. The average Bonchev–Trinajstić information content (AvgIpc) is 3.12. The number of benzene rings is 1. The summed E-state index contributed by atoms with van der Waals surface area (Å²) >= 11 is 0. The molecule has 1 unspecified atom stereocenters. The van der Waals surface area contributed by atoms with Crippen LogP contribution in [0.15, 0.2) is 53.7 Å². The number of hydrogen-bond donors (Lipinski definition) is 1. The molecular formula is C17H21NO5S. The first-order valence-corrected chi connectivity index (χ1v) is 9.41. The van der Waals surface area contributed by atoms with Gasteiger partial charge >= 0.3 is 0 Å². The lowest BCUT2D eigenvalue weighted by Crippen LogP contribution is -2.25. The van der Waals surface area contributed by atoms with Gasteiger partial charge in [0, 0.05) is 18.8 Å². The molecule has 3 rings (SSSR count). The van der Waals surface area contributed by atoms with Gasteiger partial charge in [-0.25, -0.2) is 12.4 Å². The summed E-state index contributed by atoms with van der Waals surface area (Å²) in [6.45, 7) is 1.35. The number of aliphatic hydroxyl groups excluding tert-OH is 1. The Bertz CT molecular complexity index is 750. The minimum absolute atomic E-state index is 0.214. The molecule has 130 valence electrons. The van der Waals surface area contributed by atoms with Crippen molar-refractivity contribution < 1.29 is 23.0 Å². The second-order valence-corrected chi connectivity index (χ2v) is 7.55. The van der Waals surface area contributed by atoms with Crippen LogP contribution in [0.25, 0.3) is 0 Å². The van der Waals surface area contributed by atoms with Crippen LogP contribution in [0.2, 0.25) is 0 Å². The highest BCUT2D eigenvalue weighted by molar-refractivity contribution is 7.90. The van der Waals surface area contributed by atoms with E-state index < -0.39 is 16.1 Å². The van der Waals surface area contributed by atoms with Crippen molar-refractivity contribution >= 4 is 10.0 Å². The third-order valence-electron chi connectivity index (χ3n) is 3.97. The molecule has 0 bridgehead atoms. The summed E-state index contributed by atoms with van der Waals surface area (Å²) in [6.07, 6.45) is 3.76. The van der Waals surface area contributed by atoms with Crippen molar-refractivity contribution in [2.45, 2.75) is 36.6 Å². The van der Waals surface area contributed by atoms with Gasteiger partial charge in [0.15, 0.2) is 6.29 Å². The Labute approximate surface area is 141 Å². The zero-order chi connectivity index (χ0) is 17.0. The molecule has 1 atom stereocenters. The van der Waals surface area contributed by atoms with Crippen LogP contribution >= 0.6 is 0 Å². The third kappa shape index (κ3) is 3.87. The van der Waals surface area contributed by atoms with E-state index in [-0.39, 0.29) is 11.2 Å². The minimum atomic E-state index is -3.63. The molecule has 1 aromatic carbocycles. The molecule has 0 spiro atoms. The van der Waals surface area contributed by atoms with Crippen LogP contribution in [0.3, 0.4) is 0 Å². The number of aromatic nitrogens is 1. The molecule has 24 heavy (non-hydrogen) atoms. The molecule has 1 N–H and O–H groups in total. The molecule has 1 fully saturated rings. The van der Waals surface area contributed by atoms with E-state index in [0.29, 0.717) is 31.6 Å². The lowest BCUT2D eigenvalue weighted by atomic mass is 10.1. The number of rotatable bonds is 6. The maximum atomic E-state index is 12.5. The minimum Gasteiger partial charge on any atom is -0.388 e. The van der Waals surface area contributed by atoms with Crippen molar-refractivity contribution in [3.05, 3.63) is 54.4 Å². The van der Waals surface area contributed by atoms with E-state index in [1.165, 1.54) is 12.4 Å².